The van der Waals surface area contributed by atoms with Crippen LogP contribution in [-0.4, -0.2) is 23.7 Å². The van der Waals surface area contributed by atoms with Crippen molar-refractivity contribution in [1.29, 1.82) is 0 Å². The van der Waals surface area contributed by atoms with Crippen LogP contribution in [0.4, 0.5) is 5.69 Å². The van der Waals surface area contributed by atoms with Crippen molar-refractivity contribution in [2.24, 2.45) is 11.7 Å². The van der Waals surface area contributed by atoms with Crippen molar-refractivity contribution in [2.45, 2.75) is 39.2 Å². The molecule has 1 rings (SSSR count). The van der Waals surface area contributed by atoms with Gasteiger partial charge in [0.05, 0.1) is 6.04 Å². The first-order valence-electron chi connectivity index (χ1n) is 6.79. The average Bonchev–Trinajstić information content (AvgIpc) is 2.36. The second kappa shape index (κ2) is 7.92. The molecule has 0 aliphatic rings. The highest BCUT2D eigenvalue weighted by atomic mass is 16.2. The van der Waals surface area contributed by atoms with E-state index >= 15 is 0 Å². The van der Waals surface area contributed by atoms with Crippen LogP contribution in [0.15, 0.2) is 24.3 Å². The quantitative estimate of drug-likeness (QED) is 0.704. The summed E-state index contributed by atoms with van der Waals surface area (Å²) in [6.07, 6.45) is 2.21. The van der Waals surface area contributed by atoms with Gasteiger partial charge in [0.25, 0.3) is 0 Å². The van der Waals surface area contributed by atoms with E-state index in [1.54, 1.807) is 0 Å². The smallest absolute Gasteiger partial charge is 0.241 e. The Bertz CT molecular complexity index is 405. The maximum Gasteiger partial charge on any atom is 0.241 e. The minimum atomic E-state index is -0.471. The number of carbonyl (C=O) groups is 1. The van der Waals surface area contributed by atoms with Gasteiger partial charge in [0.2, 0.25) is 5.91 Å². The van der Waals surface area contributed by atoms with Crippen LogP contribution in [0.3, 0.4) is 0 Å². The number of rotatable bonds is 7. The van der Waals surface area contributed by atoms with Gasteiger partial charge < -0.3 is 16.2 Å². The SMILES string of the molecule is CC(C)CC(N)C(=O)Nc1cccc(CCCO)c1. The lowest BCUT2D eigenvalue weighted by molar-refractivity contribution is -0.117. The highest BCUT2D eigenvalue weighted by Crippen LogP contribution is 2.13. The number of carbonyl (C=O) groups excluding carboxylic acids is 1. The molecule has 0 spiro atoms. The number of hydrogen-bond acceptors (Lipinski definition) is 3. The molecule has 0 heterocycles. The van der Waals surface area contributed by atoms with Gasteiger partial charge >= 0.3 is 0 Å². The maximum atomic E-state index is 11.9. The second-order valence-electron chi connectivity index (χ2n) is 5.25. The van der Waals surface area contributed by atoms with E-state index in [1.165, 1.54) is 0 Å². The second-order valence-corrected chi connectivity index (χ2v) is 5.25. The Hall–Kier alpha value is -1.39. The summed E-state index contributed by atoms with van der Waals surface area (Å²) in [6.45, 7) is 4.27. The summed E-state index contributed by atoms with van der Waals surface area (Å²) in [5.41, 5.74) is 7.70. The number of amides is 1. The number of anilines is 1. The van der Waals surface area contributed by atoms with Crippen molar-refractivity contribution in [1.82, 2.24) is 0 Å². The van der Waals surface area contributed by atoms with E-state index < -0.39 is 6.04 Å². The van der Waals surface area contributed by atoms with Crippen molar-refractivity contribution in [3.63, 3.8) is 0 Å². The highest BCUT2D eigenvalue weighted by Gasteiger charge is 2.14. The Morgan fingerprint density at radius 2 is 2.16 bits per heavy atom. The van der Waals surface area contributed by atoms with Gasteiger partial charge in [-0.25, -0.2) is 0 Å². The van der Waals surface area contributed by atoms with Crippen LogP contribution in [0.2, 0.25) is 0 Å². The number of nitrogens with two attached hydrogens (primary N) is 1. The normalized spacial score (nSPS) is 12.5. The van der Waals surface area contributed by atoms with Gasteiger partial charge in [-0.1, -0.05) is 26.0 Å². The molecule has 4 N–H and O–H groups in total. The Morgan fingerprint density at radius 1 is 1.42 bits per heavy atom. The molecule has 106 valence electrons. The van der Waals surface area contributed by atoms with E-state index in [2.05, 4.69) is 5.32 Å². The van der Waals surface area contributed by atoms with Crippen molar-refractivity contribution >= 4 is 11.6 Å². The molecule has 4 heteroatoms. The van der Waals surface area contributed by atoms with E-state index in [0.717, 1.165) is 24.1 Å². The number of hydrogen-bond donors (Lipinski definition) is 3. The van der Waals surface area contributed by atoms with E-state index in [1.807, 2.05) is 38.1 Å². The Balaban J connectivity index is 2.58. The van der Waals surface area contributed by atoms with Gasteiger partial charge in [-0.05, 0) is 42.9 Å². The number of aliphatic hydroxyl groups is 1. The van der Waals surface area contributed by atoms with Crippen LogP contribution in [0.25, 0.3) is 0 Å². The molecule has 0 aromatic heterocycles. The lowest BCUT2D eigenvalue weighted by Gasteiger charge is -2.14. The topological polar surface area (TPSA) is 75.4 Å². The molecule has 1 aromatic carbocycles. The van der Waals surface area contributed by atoms with Gasteiger partial charge in [-0.2, -0.15) is 0 Å². The van der Waals surface area contributed by atoms with Crippen LogP contribution in [-0.2, 0) is 11.2 Å². The molecule has 1 amide bonds. The van der Waals surface area contributed by atoms with Crippen LogP contribution in [0.5, 0.6) is 0 Å². The first-order valence-corrected chi connectivity index (χ1v) is 6.79. The van der Waals surface area contributed by atoms with E-state index in [9.17, 15) is 4.79 Å². The maximum absolute atomic E-state index is 11.9. The molecule has 0 aliphatic heterocycles. The molecule has 0 aliphatic carbocycles. The first kappa shape index (κ1) is 15.7. The molecular weight excluding hydrogens is 240 g/mol. The summed E-state index contributed by atoms with van der Waals surface area (Å²) in [7, 11) is 0. The molecule has 1 atom stereocenters. The predicted molar refractivity (Wildman–Crippen MR) is 77.9 cm³/mol. The molecule has 4 nitrogen and oxygen atoms in total. The molecule has 0 bridgehead atoms. The molecule has 0 saturated heterocycles. The van der Waals surface area contributed by atoms with Crippen molar-refractivity contribution in [2.75, 3.05) is 11.9 Å². The van der Waals surface area contributed by atoms with Crippen LogP contribution >= 0.6 is 0 Å². The standard InChI is InChI=1S/C15H24N2O2/c1-11(2)9-14(16)15(19)17-13-7-3-5-12(10-13)6-4-8-18/h3,5,7,10-11,14,18H,4,6,8-9,16H2,1-2H3,(H,17,19). The van der Waals surface area contributed by atoms with E-state index in [4.69, 9.17) is 10.8 Å². The average molecular weight is 264 g/mol. The van der Waals surface area contributed by atoms with E-state index in [0.29, 0.717) is 12.3 Å². The lowest BCUT2D eigenvalue weighted by atomic mass is 10.0. The number of benzene rings is 1. The summed E-state index contributed by atoms with van der Waals surface area (Å²) >= 11 is 0. The van der Waals surface area contributed by atoms with Crippen LogP contribution in [0, 0.1) is 5.92 Å². The third kappa shape index (κ3) is 5.85. The minimum absolute atomic E-state index is 0.145. The summed E-state index contributed by atoms with van der Waals surface area (Å²) < 4.78 is 0. The Kier molecular flexibility index (Phi) is 6.53. The van der Waals surface area contributed by atoms with Crippen LogP contribution in [0.1, 0.15) is 32.3 Å². The minimum Gasteiger partial charge on any atom is -0.396 e. The monoisotopic (exact) mass is 264 g/mol. The molecule has 0 fully saturated rings. The van der Waals surface area contributed by atoms with Gasteiger partial charge in [0, 0.05) is 12.3 Å². The third-order valence-electron chi connectivity index (χ3n) is 2.88. The third-order valence-corrected chi connectivity index (χ3v) is 2.88. The zero-order valence-electron chi connectivity index (χ0n) is 11.7. The number of nitrogens with one attached hydrogen (secondary N) is 1. The van der Waals surface area contributed by atoms with E-state index in [-0.39, 0.29) is 12.5 Å². The predicted octanol–water partition coefficient (Wildman–Crippen LogP) is 1.92. The zero-order valence-corrected chi connectivity index (χ0v) is 11.7. The summed E-state index contributed by atoms with van der Waals surface area (Å²) in [5, 5.41) is 11.7. The first-order chi connectivity index (χ1) is 9.02. The number of aryl methyl sites for hydroxylation is 1. The molecular formula is C15H24N2O2. The fourth-order valence-corrected chi connectivity index (χ4v) is 1.94. The van der Waals surface area contributed by atoms with Gasteiger partial charge in [-0.15, -0.1) is 0 Å². The summed E-state index contributed by atoms with van der Waals surface area (Å²) in [4.78, 5) is 11.9. The van der Waals surface area contributed by atoms with Crippen LogP contribution < -0.4 is 11.1 Å². The highest BCUT2D eigenvalue weighted by molar-refractivity contribution is 5.94. The van der Waals surface area contributed by atoms with Gasteiger partial charge in [0.15, 0.2) is 0 Å². The van der Waals surface area contributed by atoms with Crippen molar-refractivity contribution < 1.29 is 9.90 Å². The summed E-state index contributed by atoms with van der Waals surface area (Å²) in [6, 6.07) is 7.19. The Labute approximate surface area is 115 Å². The van der Waals surface area contributed by atoms with Crippen molar-refractivity contribution in [3.8, 4) is 0 Å². The van der Waals surface area contributed by atoms with Gasteiger partial charge in [0.1, 0.15) is 0 Å². The fourth-order valence-electron chi connectivity index (χ4n) is 1.94. The number of aliphatic hydroxyl groups excluding tert-OH is 1. The molecule has 0 radical (unpaired) electrons. The fraction of sp³-hybridized carbons (Fsp3) is 0.533. The molecule has 1 aromatic rings. The molecule has 1 unspecified atom stereocenters. The summed E-state index contributed by atoms with van der Waals surface area (Å²) in [5.74, 6) is 0.254. The van der Waals surface area contributed by atoms with Gasteiger partial charge in [-0.3, -0.25) is 4.79 Å². The molecule has 0 saturated carbocycles. The Morgan fingerprint density at radius 3 is 2.79 bits per heavy atom. The zero-order chi connectivity index (χ0) is 14.3. The van der Waals surface area contributed by atoms with Crippen molar-refractivity contribution in [3.05, 3.63) is 29.8 Å². The lowest BCUT2D eigenvalue weighted by Crippen LogP contribution is -2.36. The molecule has 19 heavy (non-hydrogen) atoms. The largest absolute Gasteiger partial charge is 0.396 e.